The Bertz CT molecular complexity index is 323. The summed E-state index contributed by atoms with van der Waals surface area (Å²) in [6.07, 6.45) is 4.92. The van der Waals surface area contributed by atoms with E-state index in [2.05, 4.69) is 37.3 Å². The Morgan fingerprint density at radius 1 is 1.33 bits per heavy atom. The van der Waals surface area contributed by atoms with Gasteiger partial charge < -0.3 is 9.80 Å². The van der Waals surface area contributed by atoms with Crippen LogP contribution in [0.2, 0.25) is 0 Å². The van der Waals surface area contributed by atoms with E-state index in [9.17, 15) is 0 Å². The summed E-state index contributed by atoms with van der Waals surface area (Å²) < 4.78 is 0. The third-order valence-corrected chi connectivity index (χ3v) is 3.60. The number of allylic oxidation sites excluding steroid dienone is 2. The summed E-state index contributed by atoms with van der Waals surface area (Å²) in [6.45, 7) is 14.7. The molecule has 0 aromatic heterocycles. The monoisotopic (exact) mass is 249 g/mol. The molecule has 0 radical (unpaired) electrons. The van der Waals surface area contributed by atoms with E-state index in [0.29, 0.717) is 5.92 Å². The largest absolute Gasteiger partial charge is 0.357 e. The molecule has 0 saturated carbocycles. The molecule has 0 bridgehead atoms. The first-order valence-corrected chi connectivity index (χ1v) is 6.88. The first kappa shape index (κ1) is 15.0. The van der Waals surface area contributed by atoms with Crippen LogP contribution in [0.15, 0.2) is 29.4 Å². The molecular weight excluding hydrogens is 222 g/mol. The minimum absolute atomic E-state index is 0.516. The van der Waals surface area contributed by atoms with Crippen LogP contribution in [0.25, 0.3) is 0 Å². The number of aliphatic imine (C=N–C) groups is 1. The van der Waals surface area contributed by atoms with E-state index in [-0.39, 0.29) is 0 Å². The lowest BCUT2D eigenvalue weighted by molar-refractivity contribution is 0.210. The molecule has 102 valence electrons. The second kappa shape index (κ2) is 7.37. The molecule has 1 fully saturated rings. The molecule has 1 unspecified atom stereocenters. The van der Waals surface area contributed by atoms with Gasteiger partial charge in [0.2, 0.25) is 0 Å². The Kier molecular flexibility index (Phi) is 6.13. The SMILES string of the molecule is C=C/C(C)=C/N=C(C(C)CC)N1CCN(C)CC1. The van der Waals surface area contributed by atoms with Gasteiger partial charge in [0.05, 0.1) is 0 Å². The van der Waals surface area contributed by atoms with Crippen LogP contribution in [0.5, 0.6) is 0 Å². The molecule has 3 nitrogen and oxygen atoms in total. The van der Waals surface area contributed by atoms with Crippen molar-refractivity contribution in [1.29, 1.82) is 0 Å². The van der Waals surface area contributed by atoms with E-state index >= 15 is 0 Å². The minimum atomic E-state index is 0.516. The maximum absolute atomic E-state index is 4.70. The third-order valence-electron chi connectivity index (χ3n) is 3.60. The van der Waals surface area contributed by atoms with Crippen molar-refractivity contribution < 1.29 is 0 Å². The summed E-state index contributed by atoms with van der Waals surface area (Å²) in [7, 11) is 2.18. The number of hydrogen-bond acceptors (Lipinski definition) is 2. The van der Waals surface area contributed by atoms with Gasteiger partial charge in [-0.1, -0.05) is 26.5 Å². The maximum Gasteiger partial charge on any atom is 0.107 e. The van der Waals surface area contributed by atoms with E-state index in [1.54, 1.807) is 0 Å². The van der Waals surface area contributed by atoms with E-state index in [4.69, 9.17) is 4.99 Å². The average molecular weight is 249 g/mol. The molecule has 3 heteroatoms. The zero-order valence-electron chi connectivity index (χ0n) is 12.3. The molecular formula is C15H27N3. The van der Waals surface area contributed by atoms with Gasteiger partial charge >= 0.3 is 0 Å². The predicted octanol–water partition coefficient (Wildman–Crippen LogP) is 2.77. The Morgan fingerprint density at radius 3 is 2.44 bits per heavy atom. The van der Waals surface area contributed by atoms with E-state index in [1.807, 2.05) is 19.2 Å². The van der Waals surface area contributed by atoms with Gasteiger partial charge in [0.25, 0.3) is 0 Å². The molecule has 0 N–H and O–H groups in total. The van der Waals surface area contributed by atoms with Gasteiger partial charge in [-0.2, -0.15) is 0 Å². The van der Waals surface area contributed by atoms with Gasteiger partial charge in [-0.15, -0.1) is 0 Å². The van der Waals surface area contributed by atoms with Crippen molar-refractivity contribution in [2.75, 3.05) is 33.2 Å². The van der Waals surface area contributed by atoms with Crippen molar-refractivity contribution >= 4 is 5.84 Å². The fraction of sp³-hybridized carbons (Fsp3) is 0.667. The molecule has 0 aromatic carbocycles. The molecule has 1 heterocycles. The summed E-state index contributed by atoms with van der Waals surface area (Å²) >= 11 is 0. The second-order valence-electron chi connectivity index (χ2n) is 5.16. The Labute approximate surface area is 112 Å². The first-order valence-electron chi connectivity index (χ1n) is 6.88. The molecule has 18 heavy (non-hydrogen) atoms. The van der Waals surface area contributed by atoms with Crippen LogP contribution in [0.3, 0.4) is 0 Å². The Morgan fingerprint density at radius 2 is 1.94 bits per heavy atom. The average Bonchev–Trinajstić information content (AvgIpc) is 2.40. The zero-order valence-corrected chi connectivity index (χ0v) is 12.3. The van der Waals surface area contributed by atoms with Crippen LogP contribution < -0.4 is 0 Å². The van der Waals surface area contributed by atoms with Crippen molar-refractivity contribution in [1.82, 2.24) is 9.80 Å². The molecule has 0 aromatic rings. The number of piperazine rings is 1. The predicted molar refractivity (Wildman–Crippen MR) is 79.9 cm³/mol. The number of nitrogens with zero attached hydrogens (tertiary/aromatic N) is 3. The lowest BCUT2D eigenvalue weighted by Gasteiger charge is -2.36. The van der Waals surface area contributed by atoms with Crippen LogP contribution in [-0.2, 0) is 0 Å². The molecule has 1 aliphatic heterocycles. The highest BCUT2D eigenvalue weighted by atomic mass is 15.3. The van der Waals surface area contributed by atoms with Crippen LogP contribution in [0.1, 0.15) is 27.2 Å². The van der Waals surface area contributed by atoms with E-state index in [0.717, 1.165) is 38.2 Å². The number of likely N-dealkylation sites (N-methyl/N-ethyl adjacent to an activating group) is 1. The van der Waals surface area contributed by atoms with Crippen molar-refractivity contribution in [3.63, 3.8) is 0 Å². The first-order chi connectivity index (χ1) is 8.58. The topological polar surface area (TPSA) is 18.8 Å². The van der Waals surface area contributed by atoms with Gasteiger partial charge in [0, 0.05) is 38.3 Å². The van der Waals surface area contributed by atoms with Crippen LogP contribution in [-0.4, -0.2) is 48.9 Å². The van der Waals surface area contributed by atoms with Gasteiger partial charge in [-0.3, -0.25) is 0 Å². The quantitative estimate of drug-likeness (QED) is 0.433. The summed E-state index contributed by atoms with van der Waals surface area (Å²) in [5, 5.41) is 0. The minimum Gasteiger partial charge on any atom is -0.357 e. The normalized spacial score (nSPS) is 21.0. The molecule has 1 rings (SSSR count). The number of rotatable bonds is 4. The highest BCUT2D eigenvalue weighted by Gasteiger charge is 2.20. The maximum atomic E-state index is 4.70. The summed E-state index contributed by atoms with van der Waals surface area (Å²) in [5.41, 5.74) is 1.12. The van der Waals surface area contributed by atoms with Crippen molar-refractivity contribution in [3.05, 3.63) is 24.4 Å². The van der Waals surface area contributed by atoms with Crippen molar-refractivity contribution in [2.45, 2.75) is 27.2 Å². The molecule has 1 saturated heterocycles. The van der Waals surface area contributed by atoms with Crippen LogP contribution in [0.4, 0.5) is 0 Å². The second-order valence-corrected chi connectivity index (χ2v) is 5.16. The molecule has 0 aliphatic carbocycles. The molecule has 1 aliphatic rings. The number of hydrogen-bond donors (Lipinski definition) is 0. The smallest absolute Gasteiger partial charge is 0.107 e. The highest BCUT2D eigenvalue weighted by molar-refractivity contribution is 5.85. The molecule has 0 amide bonds. The summed E-state index contributed by atoms with van der Waals surface area (Å²) in [6, 6.07) is 0. The van der Waals surface area contributed by atoms with Crippen molar-refractivity contribution in [3.8, 4) is 0 Å². The lowest BCUT2D eigenvalue weighted by atomic mass is 10.1. The zero-order chi connectivity index (χ0) is 13.5. The van der Waals surface area contributed by atoms with Crippen LogP contribution in [0, 0.1) is 5.92 Å². The van der Waals surface area contributed by atoms with E-state index in [1.165, 1.54) is 5.84 Å². The van der Waals surface area contributed by atoms with Gasteiger partial charge in [0.15, 0.2) is 0 Å². The molecule has 0 spiro atoms. The fourth-order valence-corrected chi connectivity index (χ4v) is 1.96. The summed E-state index contributed by atoms with van der Waals surface area (Å²) in [5.74, 6) is 1.74. The van der Waals surface area contributed by atoms with Crippen molar-refractivity contribution in [2.24, 2.45) is 10.9 Å². The fourth-order valence-electron chi connectivity index (χ4n) is 1.96. The summed E-state index contributed by atoms with van der Waals surface area (Å²) in [4.78, 5) is 9.51. The standard InChI is InChI=1S/C15H27N3/c1-6-13(3)12-16-15(14(4)7-2)18-10-8-17(5)9-11-18/h6,12,14H,1,7-11H2,2-5H3/b13-12+,16-15?. The number of amidine groups is 1. The Balaban J connectivity index is 2.81. The van der Waals surface area contributed by atoms with Gasteiger partial charge in [0.1, 0.15) is 5.84 Å². The van der Waals surface area contributed by atoms with Crippen LogP contribution >= 0.6 is 0 Å². The van der Waals surface area contributed by atoms with E-state index < -0.39 is 0 Å². The van der Waals surface area contributed by atoms with Gasteiger partial charge in [-0.25, -0.2) is 4.99 Å². The van der Waals surface area contributed by atoms with Gasteiger partial charge in [-0.05, 0) is 26.0 Å². The molecule has 1 atom stereocenters. The Hall–Kier alpha value is -1.09. The highest BCUT2D eigenvalue weighted by Crippen LogP contribution is 2.12. The lowest BCUT2D eigenvalue weighted by Crippen LogP contribution is -2.48. The third kappa shape index (κ3) is 4.30.